The Labute approximate surface area is 192 Å². The van der Waals surface area contributed by atoms with Crippen molar-refractivity contribution in [3.8, 4) is 22.6 Å². The van der Waals surface area contributed by atoms with Crippen LogP contribution in [0.2, 0.25) is 0 Å². The molecule has 0 amide bonds. The molecule has 0 bridgehead atoms. The summed E-state index contributed by atoms with van der Waals surface area (Å²) in [6.07, 6.45) is 2.55. The van der Waals surface area contributed by atoms with Crippen molar-refractivity contribution in [1.82, 2.24) is 5.32 Å². The summed E-state index contributed by atoms with van der Waals surface area (Å²) in [4.78, 5) is 24.4. The Hall–Kier alpha value is -3.64. The van der Waals surface area contributed by atoms with Crippen molar-refractivity contribution < 1.29 is 23.8 Å². The van der Waals surface area contributed by atoms with Crippen molar-refractivity contribution >= 4 is 11.9 Å². The summed E-state index contributed by atoms with van der Waals surface area (Å²) >= 11 is 0. The van der Waals surface area contributed by atoms with Crippen molar-refractivity contribution in [3.63, 3.8) is 0 Å². The summed E-state index contributed by atoms with van der Waals surface area (Å²) in [5, 5.41) is 3.04. The maximum Gasteiger partial charge on any atom is 0.345 e. The summed E-state index contributed by atoms with van der Waals surface area (Å²) in [7, 11) is 0. The second-order valence-corrected chi connectivity index (χ2v) is 8.26. The van der Waals surface area contributed by atoms with Crippen molar-refractivity contribution in [2.24, 2.45) is 0 Å². The van der Waals surface area contributed by atoms with E-state index in [1.54, 1.807) is 18.2 Å². The summed E-state index contributed by atoms with van der Waals surface area (Å²) in [5.41, 5.74) is 4.55. The van der Waals surface area contributed by atoms with E-state index >= 15 is 0 Å². The number of esters is 2. The molecule has 5 rings (SSSR count). The van der Waals surface area contributed by atoms with Crippen LogP contribution < -0.4 is 14.8 Å². The number of benzene rings is 3. The molecule has 1 N–H and O–H groups in total. The first-order valence-electron chi connectivity index (χ1n) is 11.2. The van der Waals surface area contributed by atoms with Gasteiger partial charge in [0.1, 0.15) is 24.1 Å². The predicted octanol–water partition coefficient (Wildman–Crippen LogP) is 4.30. The van der Waals surface area contributed by atoms with E-state index in [1.807, 2.05) is 30.3 Å². The molecule has 6 heteroatoms. The van der Waals surface area contributed by atoms with Crippen molar-refractivity contribution in [3.05, 3.63) is 83.4 Å². The van der Waals surface area contributed by atoms with Gasteiger partial charge >= 0.3 is 11.9 Å². The van der Waals surface area contributed by atoms with Crippen molar-refractivity contribution in [2.45, 2.75) is 31.9 Å². The van der Waals surface area contributed by atoms with Crippen LogP contribution in [0.3, 0.4) is 0 Å². The van der Waals surface area contributed by atoms with Gasteiger partial charge in [-0.3, -0.25) is 0 Å². The number of hydrogen-bond acceptors (Lipinski definition) is 6. The second kappa shape index (κ2) is 9.46. The topological polar surface area (TPSA) is 73.9 Å². The third-order valence-corrected chi connectivity index (χ3v) is 5.99. The molecular formula is C27H25NO5. The van der Waals surface area contributed by atoms with E-state index in [2.05, 4.69) is 23.5 Å². The van der Waals surface area contributed by atoms with Gasteiger partial charge in [0.2, 0.25) is 0 Å². The molecule has 0 aromatic heterocycles. The smallest absolute Gasteiger partial charge is 0.345 e. The normalized spacial score (nSPS) is 16.7. The van der Waals surface area contributed by atoms with Crippen LogP contribution in [0.15, 0.2) is 66.7 Å². The van der Waals surface area contributed by atoms with Gasteiger partial charge in [0.15, 0.2) is 0 Å². The molecule has 1 fully saturated rings. The van der Waals surface area contributed by atoms with Gasteiger partial charge in [-0.05, 0) is 60.3 Å². The SMILES string of the molecule is O=C(OC(=O)[C@@H]1CCCN1)c1cccc(COc2ccc(-c3cccc4c3OCC4)cc2)c1. The molecule has 6 nitrogen and oxygen atoms in total. The fourth-order valence-electron chi connectivity index (χ4n) is 4.24. The lowest BCUT2D eigenvalue weighted by atomic mass is 10.0. The number of nitrogens with one attached hydrogen (secondary N) is 1. The molecule has 0 radical (unpaired) electrons. The van der Waals surface area contributed by atoms with E-state index in [0.717, 1.165) is 54.2 Å². The first kappa shape index (κ1) is 21.2. The number of rotatable bonds is 6. The van der Waals surface area contributed by atoms with Gasteiger partial charge in [0.25, 0.3) is 0 Å². The third-order valence-electron chi connectivity index (χ3n) is 5.99. The van der Waals surface area contributed by atoms with Gasteiger partial charge in [0.05, 0.1) is 12.2 Å². The van der Waals surface area contributed by atoms with Gasteiger partial charge in [-0.25, -0.2) is 9.59 Å². The number of hydrogen-bond donors (Lipinski definition) is 1. The Kier molecular flexibility index (Phi) is 6.09. The van der Waals surface area contributed by atoms with Crippen molar-refractivity contribution in [1.29, 1.82) is 0 Å². The highest BCUT2D eigenvalue weighted by molar-refractivity contribution is 5.98. The van der Waals surface area contributed by atoms with E-state index in [4.69, 9.17) is 14.2 Å². The molecule has 2 aliphatic rings. The zero-order chi connectivity index (χ0) is 22.6. The zero-order valence-corrected chi connectivity index (χ0v) is 18.2. The molecule has 3 aromatic carbocycles. The minimum absolute atomic E-state index is 0.294. The first-order valence-corrected chi connectivity index (χ1v) is 11.2. The number of ether oxygens (including phenoxy) is 3. The lowest BCUT2D eigenvalue weighted by molar-refractivity contribution is -0.139. The number of carbonyl (C=O) groups is 2. The van der Waals surface area contributed by atoms with Gasteiger partial charge < -0.3 is 19.5 Å². The largest absolute Gasteiger partial charge is 0.492 e. The van der Waals surface area contributed by atoms with Crippen LogP contribution in [-0.2, 0) is 22.6 Å². The van der Waals surface area contributed by atoms with Crippen LogP contribution in [0, 0.1) is 0 Å². The van der Waals surface area contributed by atoms with Gasteiger partial charge in [-0.15, -0.1) is 0 Å². The zero-order valence-electron chi connectivity index (χ0n) is 18.2. The molecule has 3 aromatic rings. The van der Waals surface area contributed by atoms with Crippen LogP contribution >= 0.6 is 0 Å². The quantitative estimate of drug-likeness (QED) is 0.452. The molecule has 1 atom stereocenters. The van der Waals surface area contributed by atoms with Gasteiger partial charge in [-0.1, -0.05) is 42.5 Å². The predicted molar refractivity (Wildman–Crippen MR) is 123 cm³/mol. The van der Waals surface area contributed by atoms with Crippen molar-refractivity contribution in [2.75, 3.05) is 13.2 Å². The Balaban J connectivity index is 1.21. The van der Waals surface area contributed by atoms with E-state index in [-0.39, 0.29) is 0 Å². The molecule has 168 valence electrons. The standard InChI is InChI=1S/C27H25NO5/c29-26(33-27(30)24-8-3-14-28-24)21-6-1-4-18(16-21)17-32-22-11-9-19(10-12-22)23-7-2-5-20-13-15-31-25(20)23/h1-2,4-7,9-12,16,24,28H,3,8,13-15,17H2/t24-/m0/s1. The molecule has 1 saturated heterocycles. The molecule has 0 aliphatic carbocycles. The Morgan fingerprint density at radius 1 is 1.03 bits per heavy atom. The lowest BCUT2D eigenvalue weighted by Crippen LogP contribution is -2.33. The van der Waals surface area contributed by atoms with Crippen LogP contribution in [0.25, 0.3) is 11.1 Å². The highest BCUT2D eigenvalue weighted by atomic mass is 16.6. The van der Waals surface area contributed by atoms with Gasteiger partial charge in [-0.2, -0.15) is 0 Å². The first-order chi connectivity index (χ1) is 16.2. The number of carbonyl (C=O) groups excluding carboxylic acids is 2. The van der Waals surface area contributed by atoms with Crippen LogP contribution in [0.5, 0.6) is 11.5 Å². The van der Waals surface area contributed by atoms with E-state index in [0.29, 0.717) is 18.6 Å². The Morgan fingerprint density at radius 2 is 1.88 bits per heavy atom. The fourth-order valence-corrected chi connectivity index (χ4v) is 4.24. The molecule has 2 aliphatic heterocycles. The van der Waals surface area contributed by atoms with E-state index in [9.17, 15) is 9.59 Å². The average Bonchev–Trinajstić information content (AvgIpc) is 3.55. The lowest BCUT2D eigenvalue weighted by Gasteiger charge is -2.11. The van der Waals surface area contributed by atoms with Crippen LogP contribution in [0.1, 0.15) is 34.3 Å². The minimum Gasteiger partial charge on any atom is -0.492 e. The molecule has 0 saturated carbocycles. The third kappa shape index (κ3) is 4.76. The summed E-state index contributed by atoms with van der Waals surface area (Å²) < 4.78 is 16.8. The number of para-hydroxylation sites is 1. The summed E-state index contributed by atoms with van der Waals surface area (Å²) in [5.74, 6) is 0.533. The molecule has 0 spiro atoms. The van der Waals surface area contributed by atoms with E-state index in [1.165, 1.54) is 5.56 Å². The molecule has 33 heavy (non-hydrogen) atoms. The molecule has 0 unspecified atom stereocenters. The maximum atomic E-state index is 12.4. The second-order valence-electron chi connectivity index (χ2n) is 8.26. The Bertz CT molecular complexity index is 1170. The molecular weight excluding hydrogens is 418 g/mol. The fraction of sp³-hybridized carbons (Fsp3) is 0.259. The maximum absolute atomic E-state index is 12.4. The van der Waals surface area contributed by atoms with Crippen LogP contribution in [-0.4, -0.2) is 31.1 Å². The van der Waals surface area contributed by atoms with Crippen LogP contribution in [0.4, 0.5) is 0 Å². The molecule has 2 heterocycles. The highest BCUT2D eigenvalue weighted by Crippen LogP contribution is 2.37. The number of fused-ring (bicyclic) bond motifs is 1. The van der Waals surface area contributed by atoms with Gasteiger partial charge in [0, 0.05) is 12.0 Å². The summed E-state index contributed by atoms with van der Waals surface area (Å²) in [6.45, 7) is 1.79. The van der Waals surface area contributed by atoms with E-state index < -0.39 is 18.0 Å². The highest BCUT2D eigenvalue weighted by Gasteiger charge is 2.26. The summed E-state index contributed by atoms with van der Waals surface area (Å²) in [6, 6.07) is 20.7. The monoisotopic (exact) mass is 443 g/mol. The average molecular weight is 443 g/mol. The minimum atomic E-state index is -0.641. The Morgan fingerprint density at radius 3 is 2.70 bits per heavy atom.